The molecule has 4 rings (SSSR count). The minimum absolute atomic E-state index is 0.241. The number of hydrogen-bond acceptors (Lipinski definition) is 4. The number of nitrogens with zero attached hydrogens (tertiary/aromatic N) is 2. The summed E-state index contributed by atoms with van der Waals surface area (Å²) in [6, 6.07) is 9.95. The monoisotopic (exact) mass is 428 g/mol. The molecule has 0 saturated heterocycles. The van der Waals surface area contributed by atoms with Crippen molar-refractivity contribution in [3.63, 3.8) is 0 Å². The van der Waals surface area contributed by atoms with Crippen molar-refractivity contribution in [3.8, 4) is 0 Å². The first kappa shape index (κ1) is 19.7. The van der Waals surface area contributed by atoms with Crippen molar-refractivity contribution >= 4 is 34.8 Å². The van der Waals surface area contributed by atoms with Crippen LogP contribution in [0.1, 0.15) is 53.7 Å². The van der Waals surface area contributed by atoms with Gasteiger partial charge in [0.15, 0.2) is 0 Å². The molecule has 1 aromatic carbocycles. The van der Waals surface area contributed by atoms with E-state index in [0.717, 1.165) is 24.8 Å². The molecule has 2 aromatic heterocycles. The van der Waals surface area contributed by atoms with Crippen LogP contribution in [0.3, 0.4) is 0 Å². The second-order valence-electron chi connectivity index (χ2n) is 7.22. The van der Waals surface area contributed by atoms with Crippen LogP contribution in [-0.2, 0) is 19.4 Å². The molecule has 0 aliphatic heterocycles. The average Bonchev–Trinajstić information content (AvgIpc) is 3.36. The number of halogens is 1. The number of aryl methyl sites for hydroxylation is 4. The number of benzene rings is 1. The highest BCUT2D eigenvalue weighted by Crippen LogP contribution is 2.30. The summed E-state index contributed by atoms with van der Waals surface area (Å²) in [7, 11) is 0. The van der Waals surface area contributed by atoms with E-state index in [-0.39, 0.29) is 16.6 Å². The second-order valence-corrected chi connectivity index (χ2v) is 8.71. The molecule has 150 valence electrons. The Morgan fingerprint density at radius 2 is 1.86 bits per heavy atom. The van der Waals surface area contributed by atoms with Gasteiger partial charge in [0, 0.05) is 4.88 Å². The fourth-order valence-electron chi connectivity index (χ4n) is 3.46. The fourth-order valence-corrected chi connectivity index (χ4v) is 4.93. The van der Waals surface area contributed by atoms with E-state index in [1.165, 1.54) is 27.3 Å². The summed E-state index contributed by atoms with van der Waals surface area (Å²) in [5.74, 6) is -0.807. The number of hydrazine groups is 1. The third-order valence-corrected chi connectivity index (χ3v) is 6.63. The maximum absolute atomic E-state index is 12.6. The van der Waals surface area contributed by atoms with Gasteiger partial charge in [-0.15, -0.1) is 11.3 Å². The molecule has 8 heteroatoms. The zero-order chi connectivity index (χ0) is 20.5. The van der Waals surface area contributed by atoms with E-state index in [9.17, 15) is 9.59 Å². The van der Waals surface area contributed by atoms with E-state index < -0.39 is 5.91 Å². The Labute approximate surface area is 177 Å². The van der Waals surface area contributed by atoms with Crippen molar-refractivity contribution in [1.29, 1.82) is 0 Å². The molecule has 2 amide bonds. The van der Waals surface area contributed by atoms with Crippen LogP contribution in [0, 0.1) is 13.8 Å². The van der Waals surface area contributed by atoms with E-state index in [0.29, 0.717) is 17.1 Å². The number of nitrogens with one attached hydrogen (secondary N) is 2. The Bertz CT molecular complexity index is 1060. The number of rotatable bonds is 4. The molecule has 0 bridgehead atoms. The van der Waals surface area contributed by atoms with Crippen LogP contribution >= 0.6 is 22.9 Å². The molecule has 29 heavy (non-hydrogen) atoms. The second kappa shape index (κ2) is 8.00. The zero-order valence-electron chi connectivity index (χ0n) is 16.2. The van der Waals surface area contributed by atoms with Gasteiger partial charge >= 0.3 is 0 Å². The van der Waals surface area contributed by atoms with Gasteiger partial charge in [-0.2, -0.15) is 5.10 Å². The van der Waals surface area contributed by atoms with Gasteiger partial charge in [0.05, 0.1) is 17.1 Å². The normalized spacial score (nSPS) is 12.7. The number of carbonyl (C=O) groups is 2. The predicted octanol–water partition coefficient (Wildman–Crippen LogP) is 3.83. The van der Waals surface area contributed by atoms with Gasteiger partial charge < -0.3 is 0 Å². The molecule has 0 unspecified atom stereocenters. The van der Waals surface area contributed by atoms with Crippen LogP contribution in [0.25, 0.3) is 0 Å². The molecular formula is C21H21ClN4O2S. The molecule has 0 atom stereocenters. The van der Waals surface area contributed by atoms with Gasteiger partial charge in [-0.3, -0.25) is 20.4 Å². The molecule has 0 spiro atoms. The molecule has 6 nitrogen and oxygen atoms in total. The van der Waals surface area contributed by atoms with Crippen molar-refractivity contribution in [1.82, 2.24) is 20.6 Å². The van der Waals surface area contributed by atoms with E-state index in [4.69, 9.17) is 11.6 Å². The smallest absolute Gasteiger partial charge is 0.267 e. The zero-order valence-corrected chi connectivity index (χ0v) is 17.8. The van der Waals surface area contributed by atoms with E-state index in [1.54, 1.807) is 11.6 Å². The standard InChI is InChI=1S/C21H21ClN4O2S/c1-12-6-8-14(9-7-12)11-26-19(22)18(13(2)25-26)21(28)24-23-20(27)17-10-15-4-3-5-16(15)29-17/h6-10H,3-5,11H2,1-2H3,(H,23,27)(H,24,28). The summed E-state index contributed by atoms with van der Waals surface area (Å²) in [6.07, 6.45) is 3.18. The molecule has 0 saturated carbocycles. The summed E-state index contributed by atoms with van der Waals surface area (Å²) in [6.45, 7) is 4.20. The number of hydrogen-bond donors (Lipinski definition) is 2. The number of carbonyl (C=O) groups excluding carboxylic acids is 2. The first-order chi connectivity index (χ1) is 13.9. The number of thiophene rings is 1. The third-order valence-electron chi connectivity index (χ3n) is 5.01. The Kier molecular flexibility index (Phi) is 5.43. The lowest BCUT2D eigenvalue weighted by Crippen LogP contribution is -2.41. The Morgan fingerprint density at radius 3 is 2.59 bits per heavy atom. The first-order valence-electron chi connectivity index (χ1n) is 9.43. The number of fused-ring (bicyclic) bond motifs is 1. The quantitative estimate of drug-likeness (QED) is 0.620. The van der Waals surface area contributed by atoms with Gasteiger partial charge in [0.2, 0.25) is 0 Å². The fraction of sp³-hybridized carbons (Fsp3) is 0.286. The van der Waals surface area contributed by atoms with Crippen molar-refractivity contribution in [2.75, 3.05) is 0 Å². The van der Waals surface area contributed by atoms with Crippen molar-refractivity contribution < 1.29 is 9.59 Å². The predicted molar refractivity (Wildman–Crippen MR) is 114 cm³/mol. The van der Waals surface area contributed by atoms with Gasteiger partial charge in [-0.1, -0.05) is 41.4 Å². The van der Waals surface area contributed by atoms with Gasteiger partial charge in [0.1, 0.15) is 10.7 Å². The van der Waals surface area contributed by atoms with E-state index in [1.807, 2.05) is 37.3 Å². The van der Waals surface area contributed by atoms with Crippen molar-refractivity contribution in [2.45, 2.75) is 39.7 Å². The summed E-state index contributed by atoms with van der Waals surface area (Å²) < 4.78 is 1.59. The van der Waals surface area contributed by atoms with Gasteiger partial charge in [-0.05, 0) is 50.3 Å². The summed E-state index contributed by atoms with van der Waals surface area (Å²) in [4.78, 5) is 26.8. The van der Waals surface area contributed by atoms with Crippen LogP contribution < -0.4 is 10.9 Å². The van der Waals surface area contributed by atoms with Crippen LogP contribution in [0.5, 0.6) is 0 Å². The van der Waals surface area contributed by atoms with Crippen LogP contribution in [0.15, 0.2) is 30.3 Å². The van der Waals surface area contributed by atoms with Gasteiger partial charge in [0.25, 0.3) is 11.8 Å². The highest BCUT2D eigenvalue weighted by atomic mass is 35.5. The molecule has 1 aliphatic carbocycles. The lowest BCUT2D eigenvalue weighted by Gasteiger charge is -2.07. The minimum atomic E-state index is -0.486. The maximum Gasteiger partial charge on any atom is 0.279 e. The van der Waals surface area contributed by atoms with Crippen molar-refractivity contribution in [2.24, 2.45) is 0 Å². The molecule has 2 N–H and O–H groups in total. The molecular weight excluding hydrogens is 408 g/mol. The molecule has 1 aliphatic rings. The van der Waals surface area contributed by atoms with Crippen molar-refractivity contribution in [3.05, 3.63) is 73.2 Å². The SMILES string of the molecule is Cc1ccc(Cn2nc(C)c(C(=O)NNC(=O)c3cc4c(s3)CCC4)c2Cl)cc1. The highest BCUT2D eigenvalue weighted by molar-refractivity contribution is 7.14. The highest BCUT2D eigenvalue weighted by Gasteiger charge is 2.22. The Hall–Kier alpha value is -2.64. The minimum Gasteiger partial charge on any atom is -0.267 e. The van der Waals surface area contributed by atoms with Crippen LogP contribution in [-0.4, -0.2) is 21.6 Å². The maximum atomic E-state index is 12.6. The topological polar surface area (TPSA) is 76.0 Å². The lowest BCUT2D eigenvalue weighted by molar-refractivity contribution is 0.0848. The van der Waals surface area contributed by atoms with Crippen LogP contribution in [0.4, 0.5) is 0 Å². The molecule has 3 aromatic rings. The number of aromatic nitrogens is 2. The first-order valence-corrected chi connectivity index (χ1v) is 10.6. The van der Waals surface area contributed by atoms with E-state index >= 15 is 0 Å². The average molecular weight is 429 g/mol. The summed E-state index contributed by atoms with van der Waals surface area (Å²) in [5, 5.41) is 4.62. The Balaban J connectivity index is 1.43. The molecule has 0 radical (unpaired) electrons. The summed E-state index contributed by atoms with van der Waals surface area (Å²) in [5.41, 5.74) is 9.14. The van der Waals surface area contributed by atoms with E-state index in [2.05, 4.69) is 16.0 Å². The molecule has 2 heterocycles. The Morgan fingerprint density at radius 1 is 1.14 bits per heavy atom. The third kappa shape index (κ3) is 4.06. The summed E-state index contributed by atoms with van der Waals surface area (Å²) >= 11 is 7.90. The largest absolute Gasteiger partial charge is 0.279 e. The molecule has 0 fully saturated rings. The lowest BCUT2D eigenvalue weighted by atomic mass is 10.1. The number of amides is 2. The van der Waals surface area contributed by atoms with Crippen LogP contribution in [0.2, 0.25) is 5.15 Å². The van der Waals surface area contributed by atoms with Gasteiger partial charge in [-0.25, -0.2) is 4.68 Å².